The van der Waals surface area contributed by atoms with Crippen molar-refractivity contribution in [3.8, 4) is 0 Å². The quantitative estimate of drug-likeness (QED) is 0.802. The van der Waals surface area contributed by atoms with Crippen LogP contribution in [0.1, 0.15) is 21.5 Å². The van der Waals surface area contributed by atoms with Crippen LogP contribution in [-0.4, -0.2) is 20.0 Å². The van der Waals surface area contributed by atoms with E-state index in [0.717, 1.165) is 0 Å². The molecule has 0 aliphatic carbocycles. The van der Waals surface area contributed by atoms with Crippen molar-refractivity contribution in [1.29, 1.82) is 0 Å². The van der Waals surface area contributed by atoms with Crippen LogP contribution in [-0.2, 0) is 16.3 Å². The fraction of sp³-hybridized carbons (Fsp3) is 0.133. The van der Waals surface area contributed by atoms with Crippen LogP contribution in [0.15, 0.2) is 47.4 Å². The standard InChI is InChI=1S/C15H11ClO3S/c16-13-7-6-12(14(17)10-4-2-1-3-5-10)15-11(13)8-9-20(15,18)19/h1-7H,8-9H2. The van der Waals surface area contributed by atoms with E-state index < -0.39 is 9.84 Å². The SMILES string of the molecule is O=C(c1ccccc1)c1ccc(Cl)c2c1S(=O)(=O)CC2. The number of benzene rings is 2. The number of hydrogen-bond donors (Lipinski definition) is 0. The number of carbonyl (C=O) groups is 1. The van der Waals surface area contributed by atoms with Crippen LogP contribution in [0, 0.1) is 0 Å². The van der Waals surface area contributed by atoms with Gasteiger partial charge in [0.05, 0.1) is 10.6 Å². The number of ketones is 1. The number of carbonyl (C=O) groups excluding carboxylic acids is 1. The van der Waals surface area contributed by atoms with Crippen LogP contribution in [0.4, 0.5) is 0 Å². The topological polar surface area (TPSA) is 51.2 Å². The van der Waals surface area contributed by atoms with Crippen LogP contribution in [0.3, 0.4) is 0 Å². The molecular formula is C15H11ClO3S. The van der Waals surface area contributed by atoms with Gasteiger partial charge in [0, 0.05) is 16.1 Å². The highest BCUT2D eigenvalue weighted by atomic mass is 35.5. The monoisotopic (exact) mass is 306 g/mol. The summed E-state index contributed by atoms with van der Waals surface area (Å²) in [7, 11) is -3.42. The highest BCUT2D eigenvalue weighted by molar-refractivity contribution is 7.91. The van der Waals surface area contributed by atoms with E-state index >= 15 is 0 Å². The van der Waals surface area contributed by atoms with Crippen molar-refractivity contribution < 1.29 is 13.2 Å². The second kappa shape index (κ2) is 4.72. The van der Waals surface area contributed by atoms with Gasteiger partial charge in [-0.1, -0.05) is 41.9 Å². The molecule has 20 heavy (non-hydrogen) atoms. The van der Waals surface area contributed by atoms with Crippen LogP contribution >= 0.6 is 11.6 Å². The summed E-state index contributed by atoms with van der Waals surface area (Å²) in [4.78, 5) is 12.6. The maximum Gasteiger partial charge on any atom is 0.194 e. The minimum Gasteiger partial charge on any atom is -0.289 e. The summed E-state index contributed by atoms with van der Waals surface area (Å²) in [6.07, 6.45) is 0.367. The summed E-state index contributed by atoms with van der Waals surface area (Å²) in [6.45, 7) is 0. The van der Waals surface area contributed by atoms with Gasteiger partial charge < -0.3 is 0 Å². The molecule has 2 aromatic carbocycles. The normalized spacial score (nSPS) is 15.8. The molecule has 1 aliphatic heterocycles. The lowest BCUT2D eigenvalue weighted by Gasteiger charge is -2.08. The van der Waals surface area contributed by atoms with Crippen molar-refractivity contribution in [3.05, 3.63) is 64.2 Å². The largest absolute Gasteiger partial charge is 0.289 e. The van der Waals surface area contributed by atoms with Gasteiger partial charge in [0.25, 0.3) is 0 Å². The van der Waals surface area contributed by atoms with Crippen molar-refractivity contribution >= 4 is 27.2 Å². The van der Waals surface area contributed by atoms with Crippen LogP contribution in [0.5, 0.6) is 0 Å². The summed E-state index contributed by atoms with van der Waals surface area (Å²) in [5, 5.41) is 0.408. The smallest absolute Gasteiger partial charge is 0.194 e. The van der Waals surface area contributed by atoms with Crippen molar-refractivity contribution in [1.82, 2.24) is 0 Å². The van der Waals surface area contributed by atoms with Crippen LogP contribution in [0.2, 0.25) is 5.02 Å². The first kappa shape index (κ1) is 13.3. The Labute approximate surface area is 122 Å². The van der Waals surface area contributed by atoms with Gasteiger partial charge in [0.1, 0.15) is 0 Å². The van der Waals surface area contributed by atoms with E-state index in [0.29, 0.717) is 22.6 Å². The molecule has 0 aromatic heterocycles. The summed E-state index contributed by atoms with van der Waals surface area (Å²) >= 11 is 6.04. The molecule has 0 N–H and O–H groups in total. The van der Waals surface area contributed by atoms with Gasteiger partial charge in [-0.25, -0.2) is 8.42 Å². The molecule has 0 saturated carbocycles. The Morgan fingerprint density at radius 1 is 1.05 bits per heavy atom. The zero-order valence-corrected chi connectivity index (χ0v) is 12.0. The predicted octanol–water partition coefficient (Wildman–Crippen LogP) is 2.90. The van der Waals surface area contributed by atoms with Gasteiger partial charge in [0.15, 0.2) is 15.6 Å². The minimum atomic E-state index is -3.42. The van der Waals surface area contributed by atoms with E-state index in [1.54, 1.807) is 36.4 Å². The van der Waals surface area contributed by atoms with Crippen molar-refractivity contribution in [2.75, 3.05) is 5.75 Å². The fourth-order valence-electron chi connectivity index (χ4n) is 2.45. The van der Waals surface area contributed by atoms with Crippen molar-refractivity contribution in [3.63, 3.8) is 0 Å². The third-order valence-corrected chi connectivity index (χ3v) is 5.60. The van der Waals surface area contributed by atoms with E-state index in [4.69, 9.17) is 11.6 Å². The first-order chi connectivity index (χ1) is 9.50. The van der Waals surface area contributed by atoms with E-state index in [2.05, 4.69) is 0 Å². The molecule has 3 rings (SSSR count). The summed E-state index contributed by atoms with van der Waals surface area (Å²) in [6, 6.07) is 11.7. The molecule has 3 nitrogen and oxygen atoms in total. The Morgan fingerprint density at radius 3 is 2.45 bits per heavy atom. The van der Waals surface area contributed by atoms with Gasteiger partial charge in [-0.2, -0.15) is 0 Å². The van der Waals surface area contributed by atoms with E-state index in [1.165, 1.54) is 6.07 Å². The zero-order valence-electron chi connectivity index (χ0n) is 10.5. The van der Waals surface area contributed by atoms with Gasteiger partial charge in [0.2, 0.25) is 0 Å². The molecule has 0 radical (unpaired) electrons. The van der Waals surface area contributed by atoms with Crippen LogP contribution in [0.25, 0.3) is 0 Å². The first-order valence-corrected chi connectivity index (χ1v) is 8.17. The van der Waals surface area contributed by atoms with Gasteiger partial charge in [-0.05, 0) is 24.1 Å². The number of fused-ring (bicyclic) bond motifs is 1. The molecule has 5 heteroatoms. The number of halogens is 1. The predicted molar refractivity (Wildman–Crippen MR) is 77.1 cm³/mol. The lowest BCUT2D eigenvalue weighted by molar-refractivity contribution is 0.103. The molecule has 102 valence electrons. The van der Waals surface area contributed by atoms with Crippen molar-refractivity contribution in [2.24, 2.45) is 0 Å². The molecule has 0 atom stereocenters. The zero-order chi connectivity index (χ0) is 14.3. The molecule has 0 fully saturated rings. The van der Waals surface area contributed by atoms with E-state index in [9.17, 15) is 13.2 Å². The Bertz CT molecular complexity index is 795. The van der Waals surface area contributed by atoms with Gasteiger partial charge in [-0.3, -0.25) is 4.79 Å². The molecule has 0 unspecified atom stereocenters. The maximum atomic E-state index is 12.5. The van der Waals surface area contributed by atoms with Gasteiger partial charge in [-0.15, -0.1) is 0 Å². The molecule has 0 amide bonds. The first-order valence-electron chi connectivity index (χ1n) is 6.14. The Hall–Kier alpha value is -1.65. The average molecular weight is 307 g/mol. The van der Waals surface area contributed by atoms with Gasteiger partial charge >= 0.3 is 0 Å². The second-order valence-electron chi connectivity index (χ2n) is 4.67. The number of sulfone groups is 1. The highest BCUT2D eigenvalue weighted by Crippen LogP contribution is 2.35. The molecule has 2 aromatic rings. The second-order valence-corrected chi connectivity index (χ2v) is 7.12. The highest BCUT2D eigenvalue weighted by Gasteiger charge is 2.33. The molecule has 0 bridgehead atoms. The Balaban J connectivity index is 2.23. The molecule has 0 spiro atoms. The van der Waals surface area contributed by atoms with Crippen LogP contribution < -0.4 is 0 Å². The fourth-order valence-corrected chi connectivity index (χ4v) is 4.52. The maximum absolute atomic E-state index is 12.5. The molecular weight excluding hydrogens is 296 g/mol. The minimum absolute atomic E-state index is 0.0150. The lowest BCUT2D eigenvalue weighted by atomic mass is 10.0. The van der Waals surface area contributed by atoms with E-state index in [-0.39, 0.29) is 22.0 Å². The van der Waals surface area contributed by atoms with E-state index in [1.807, 2.05) is 0 Å². The lowest BCUT2D eigenvalue weighted by Crippen LogP contribution is -2.09. The summed E-state index contributed by atoms with van der Waals surface area (Å²) in [5.74, 6) is -0.273. The Kier molecular flexibility index (Phi) is 3.15. The third-order valence-electron chi connectivity index (χ3n) is 3.42. The summed E-state index contributed by atoms with van der Waals surface area (Å²) < 4.78 is 24.3. The van der Waals surface area contributed by atoms with Crippen molar-refractivity contribution in [2.45, 2.75) is 11.3 Å². The third kappa shape index (κ3) is 2.05. The molecule has 1 heterocycles. The summed E-state index contributed by atoms with van der Waals surface area (Å²) in [5.41, 5.74) is 1.25. The number of hydrogen-bond acceptors (Lipinski definition) is 3. The Morgan fingerprint density at radius 2 is 1.75 bits per heavy atom. The average Bonchev–Trinajstić information content (AvgIpc) is 2.77. The molecule has 1 aliphatic rings. The molecule has 0 saturated heterocycles. The number of rotatable bonds is 2.